The Bertz CT molecular complexity index is 479. The van der Waals surface area contributed by atoms with Gasteiger partial charge in [0.25, 0.3) is 0 Å². The van der Waals surface area contributed by atoms with Crippen LogP contribution in [0.25, 0.3) is 0 Å². The molecule has 1 aromatic rings. The average Bonchev–Trinajstić information content (AvgIpc) is 3.03. The topological polar surface area (TPSA) is 68.0 Å². The van der Waals surface area contributed by atoms with Crippen molar-refractivity contribution >= 4 is 17.7 Å². The second-order valence-corrected chi connectivity index (χ2v) is 6.74. The van der Waals surface area contributed by atoms with E-state index in [1.165, 1.54) is 24.6 Å². The molecule has 112 valence electrons. The van der Waals surface area contributed by atoms with E-state index in [0.717, 1.165) is 30.2 Å². The van der Waals surface area contributed by atoms with E-state index in [-0.39, 0.29) is 17.2 Å². The van der Waals surface area contributed by atoms with E-state index < -0.39 is 5.97 Å². The van der Waals surface area contributed by atoms with Crippen LogP contribution in [0.4, 0.5) is 0 Å². The number of carboxylic acids is 1. The van der Waals surface area contributed by atoms with E-state index in [1.54, 1.807) is 0 Å². The lowest BCUT2D eigenvalue weighted by Gasteiger charge is -2.28. The van der Waals surface area contributed by atoms with Gasteiger partial charge in [-0.1, -0.05) is 31.5 Å². The first-order valence-corrected chi connectivity index (χ1v) is 8.28. The quantitative estimate of drug-likeness (QED) is 0.816. The minimum Gasteiger partial charge on any atom is -0.481 e. The van der Waals surface area contributed by atoms with Gasteiger partial charge >= 0.3 is 5.97 Å². The minimum atomic E-state index is -0.819. The molecule has 1 aromatic heterocycles. The molecule has 2 rings (SSSR count). The third kappa shape index (κ3) is 2.85. The van der Waals surface area contributed by atoms with E-state index >= 15 is 0 Å². The van der Waals surface area contributed by atoms with Crippen molar-refractivity contribution in [3.63, 3.8) is 0 Å². The van der Waals surface area contributed by atoms with Crippen LogP contribution >= 0.6 is 11.8 Å². The Morgan fingerprint density at radius 3 is 2.55 bits per heavy atom. The fraction of sp³-hybridized carbons (Fsp3) is 0.786. The smallest absolute Gasteiger partial charge is 0.313 e. The molecule has 1 aliphatic rings. The third-order valence-electron chi connectivity index (χ3n) is 4.22. The number of aromatic nitrogens is 3. The zero-order valence-corrected chi connectivity index (χ0v) is 13.2. The first-order valence-electron chi connectivity index (χ1n) is 7.30. The van der Waals surface area contributed by atoms with Crippen molar-refractivity contribution in [2.75, 3.05) is 5.75 Å². The molecule has 5 nitrogen and oxygen atoms in total. The summed E-state index contributed by atoms with van der Waals surface area (Å²) in [4.78, 5) is 10.8. The summed E-state index contributed by atoms with van der Waals surface area (Å²) in [5.74, 6) is 0.269. The molecule has 1 saturated carbocycles. The van der Waals surface area contributed by atoms with E-state index in [9.17, 15) is 4.79 Å². The molecule has 1 fully saturated rings. The van der Waals surface area contributed by atoms with Gasteiger partial charge in [0.05, 0.1) is 5.75 Å². The molecule has 0 aliphatic heterocycles. The van der Waals surface area contributed by atoms with E-state index in [4.69, 9.17) is 5.11 Å². The van der Waals surface area contributed by atoms with Gasteiger partial charge < -0.3 is 9.67 Å². The highest BCUT2D eigenvalue weighted by atomic mass is 32.2. The normalized spacial score (nSPS) is 17.8. The first-order chi connectivity index (χ1) is 9.50. The lowest BCUT2D eigenvalue weighted by atomic mass is 9.82. The second kappa shape index (κ2) is 6.16. The van der Waals surface area contributed by atoms with Crippen LogP contribution in [0.2, 0.25) is 0 Å². The Hall–Kier alpha value is -1.04. The summed E-state index contributed by atoms with van der Waals surface area (Å²) in [6, 6.07) is 0.250. The highest BCUT2D eigenvalue weighted by Gasteiger charge is 2.39. The Kier molecular flexibility index (Phi) is 4.73. The number of rotatable bonds is 6. The maximum atomic E-state index is 10.8. The Balaban J connectivity index is 2.35. The summed E-state index contributed by atoms with van der Waals surface area (Å²) < 4.78 is 2.14. The van der Waals surface area contributed by atoms with Crippen molar-refractivity contribution in [1.82, 2.24) is 14.8 Å². The molecular formula is C14H23N3O2S. The van der Waals surface area contributed by atoms with Crippen molar-refractivity contribution < 1.29 is 9.90 Å². The minimum absolute atomic E-state index is 0.0317. The molecule has 20 heavy (non-hydrogen) atoms. The van der Waals surface area contributed by atoms with Gasteiger partial charge in [0.1, 0.15) is 5.82 Å². The maximum Gasteiger partial charge on any atom is 0.313 e. The molecule has 0 radical (unpaired) electrons. The van der Waals surface area contributed by atoms with Crippen molar-refractivity contribution in [3.05, 3.63) is 5.82 Å². The number of carboxylic acid groups (broad SMARTS) is 1. The van der Waals surface area contributed by atoms with Crippen LogP contribution < -0.4 is 0 Å². The summed E-state index contributed by atoms with van der Waals surface area (Å²) in [6.07, 6.45) is 5.89. The molecule has 1 N–H and O–H groups in total. The van der Waals surface area contributed by atoms with Gasteiger partial charge in [-0.05, 0) is 33.1 Å². The van der Waals surface area contributed by atoms with Gasteiger partial charge in [-0.3, -0.25) is 4.79 Å². The van der Waals surface area contributed by atoms with Crippen LogP contribution in [0.15, 0.2) is 5.16 Å². The molecule has 0 saturated heterocycles. The van der Waals surface area contributed by atoms with Crippen LogP contribution in [0, 0.1) is 0 Å². The second-order valence-electron chi connectivity index (χ2n) is 5.79. The molecule has 0 unspecified atom stereocenters. The van der Waals surface area contributed by atoms with E-state index in [1.807, 2.05) is 0 Å². The Labute approximate surface area is 124 Å². The van der Waals surface area contributed by atoms with Gasteiger partial charge in [0, 0.05) is 11.5 Å². The molecule has 0 amide bonds. The monoisotopic (exact) mass is 297 g/mol. The largest absolute Gasteiger partial charge is 0.481 e. The first kappa shape index (κ1) is 15.4. The molecule has 0 aromatic carbocycles. The average molecular weight is 297 g/mol. The third-order valence-corrected chi connectivity index (χ3v) is 5.15. The van der Waals surface area contributed by atoms with Crippen molar-refractivity contribution in [2.45, 2.75) is 69.5 Å². The number of thioether (sulfide) groups is 1. The van der Waals surface area contributed by atoms with Crippen molar-refractivity contribution in [3.8, 4) is 0 Å². The summed E-state index contributed by atoms with van der Waals surface area (Å²) in [7, 11) is 0. The number of nitrogens with zero attached hydrogens (tertiary/aromatic N) is 3. The van der Waals surface area contributed by atoms with Crippen LogP contribution in [0.1, 0.15) is 64.7 Å². The lowest BCUT2D eigenvalue weighted by molar-refractivity contribution is -0.133. The van der Waals surface area contributed by atoms with Crippen LogP contribution in [0.3, 0.4) is 0 Å². The number of hydrogen-bond acceptors (Lipinski definition) is 4. The summed E-state index contributed by atoms with van der Waals surface area (Å²) in [5.41, 5.74) is 0.138. The summed E-state index contributed by atoms with van der Waals surface area (Å²) in [5, 5.41) is 18.3. The molecule has 1 aliphatic carbocycles. The van der Waals surface area contributed by atoms with Crippen molar-refractivity contribution in [1.29, 1.82) is 0 Å². The SMILES string of the molecule is CCC1(c2nnc(SCC(=O)O)n2C(C)C)CCCC1. The fourth-order valence-corrected chi connectivity index (χ4v) is 3.90. The summed E-state index contributed by atoms with van der Waals surface area (Å²) in [6.45, 7) is 6.43. The zero-order chi connectivity index (χ0) is 14.8. The predicted molar refractivity (Wildman–Crippen MR) is 79.2 cm³/mol. The number of carbonyl (C=O) groups is 1. The maximum absolute atomic E-state index is 10.8. The molecule has 0 atom stereocenters. The number of aliphatic carboxylic acids is 1. The standard InChI is InChI=1S/C14H23N3O2S/c1-4-14(7-5-6-8-14)12-15-16-13(17(12)10(2)3)20-9-11(18)19/h10H,4-9H2,1-3H3,(H,18,19). The van der Waals surface area contributed by atoms with E-state index in [0.29, 0.717) is 0 Å². The highest BCUT2D eigenvalue weighted by molar-refractivity contribution is 7.99. The lowest BCUT2D eigenvalue weighted by Crippen LogP contribution is -2.27. The zero-order valence-electron chi connectivity index (χ0n) is 12.4. The summed E-state index contributed by atoms with van der Waals surface area (Å²) >= 11 is 1.26. The van der Waals surface area contributed by atoms with Gasteiger partial charge in [0.15, 0.2) is 5.16 Å². The number of hydrogen-bond donors (Lipinski definition) is 1. The van der Waals surface area contributed by atoms with Crippen LogP contribution in [-0.2, 0) is 10.2 Å². The van der Waals surface area contributed by atoms with Crippen LogP contribution in [0.5, 0.6) is 0 Å². The van der Waals surface area contributed by atoms with Crippen molar-refractivity contribution in [2.24, 2.45) is 0 Å². The molecule has 1 heterocycles. The molecular weight excluding hydrogens is 274 g/mol. The fourth-order valence-electron chi connectivity index (χ4n) is 3.12. The van der Waals surface area contributed by atoms with Gasteiger partial charge in [-0.15, -0.1) is 10.2 Å². The van der Waals surface area contributed by atoms with Gasteiger partial charge in [-0.2, -0.15) is 0 Å². The highest BCUT2D eigenvalue weighted by Crippen LogP contribution is 2.44. The molecule has 0 bridgehead atoms. The van der Waals surface area contributed by atoms with Crippen LogP contribution in [-0.4, -0.2) is 31.6 Å². The molecule has 0 spiro atoms. The Morgan fingerprint density at radius 2 is 2.05 bits per heavy atom. The predicted octanol–water partition coefficient (Wildman–Crippen LogP) is 3.26. The van der Waals surface area contributed by atoms with E-state index in [2.05, 4.69) is 35.5 Å². The van der Waals surface area contributed by atoms with Gasteiger partial charge in [0.2, 0.25) is 0 Å². The molecule has 6 heteroatoms. The van der Waals surface area contributed by atoms with Gasteiger partial charge in [-0.25, -0.2) is 0 Å². The Morgan fingerprint density at radius 1 is 1.40 bits per heavy atom.